The van der Waals surface area contributed by atoms with Crippen LogP contribution in [0, 0.1) is 0 Å². The minimum Gasteiger partial charge on any atom is -0.478 e. The van der Waals surface area contributed by atoms with Gasteiger partial charge in [0.25, 0.3) is 0 Å². The van der Waals surface area contributed by atoms with E-state index in [1.807, 2.05) is 11.4 Å². The van der Waals surface area contributed by atoms with Crippen molar-refractivity contribution in [3.05, 3.63) is 28.0 Å². The van der Waals surface area contributed by atoms with Gasteiger partial charge in [0.2, 0.25) is 5.91 Å². The van der Waals surface area contributed by atoms with Crippen LogP contribution in [0.5, 0.6) is 0 Å². The fraction of sp³-hybridized carbons (Fsp3) is 0.273. The van der Waals surface area contributed by atoms with Gasteiger partial charge >= 0.3 is 5.97 Å². The third kappa shape index (κ3) is 5.28. The lowest BCUT2D eigenvalue weighted by atomic mass is 10.3. The van der Waals surface area contributed by atoms with Crippen LogP contribution in [-0.2, 0) is 20.9 Å². The van der Waals surface area contributed by atoms with E-state index in [9.17, 15) is 9.59 Å². The van der Waals surface area contributed by atoms with E-state index in [0.29, 0.717) is 6.54 Å². The molecule has 1 rings (SSSR count). The number of ether oxygens (including phenoxy) is 1. The predicted molar refractivity (Wildman–Crippen MR) is 64.7 cm³/mol. The Morgan fingerprint density at radius 2 is 2.35 bits per heavy atom. The molecule has 0 bridgehead atoms. The highest BCUT2D eigenvalue weighted by atomic mass is 32.1. The Bertz CT molecular complexity index is 425. The molecule has 17 heavy (non-hydrogen) atoms. The van der Waals surface area contributed by atoms with Crippen LogP contribution in [0.25, 0.3) is 6.08 Å². The summed E-state index contributed by atoms with van der Waals surface area (Å²) in [6.45, 7) is 0.463. The number of methoxy groups -OCH3 is 1. The topological polar surface area (TPSA) is 75.6 Å². The summed E-state index contributed by atoms with van der Waals surface area (Å²) in [5, 5.41) is 13.0. The zero-order valence-corrected chi connectivity index (χ0v) is 10.1. The van der Waals surface area contributed by atoms with Crippen molar-refractivity contribution < 1.29 is 19.4 Å². The molecular weight excluding hydrogens is 242 g/mol. The first-order chi connectivity index (χ1) is 8.11. The SMILES string of the molecule is COCC(=O)NCc1cc(C=CC(=O)O)cs1. The van der Waals surface area contributed by atoms with Crippen molar-refractivity contribution in [1.29, 1.82) is 0 Å². The largest absolute Gasteiger partial charge is 0.478 e. The number of carboxylic acids is 1. The Kier molecular flexibility index (Phi) is 5.38. The molecule has 0 aliphatic heterocycles. The molecule has 0 spiro atoms. The second-order valence-electron chi connectivity index (χ2n) is 3.23. The first kappa shape index (κ1) is 13.4. The molecule has 1 aromatic rings. The van der Waals surface area contributed by atoms with Gasteiger partial charge in [0.1, 0.15) is 6.61 Å². The Hall–Kier alpha value is -1.66. The summed E-state index contributed by atoms with van der Waals surface area (Å²) in [7, 11) is 1.46. The van der Waals surface area contributed by atoms with E-state index in [4.69, 9.17) is 5.11 Å². The number of hydrogen-bond donors (Lipinski definition) is 2. The van der Waals surface area contributed by atoms with E-state index in [0.717, 1.165) is 16.5 Å². The quantitative estimate of drug-likeness (QED) is 0.747. The van der Waals surface area contributed by atoms with E-state index in [2.05, 4.69) is 10.1 Å². The molecule has 0 aliphatic rings. The van der Waals surface area contributed by atoms with Gasteiger partial charge in [0, 0.05) is 18.1 Å². The standard InChI is InChI=1S/C11H13NO4S/c1-16-6-10(13)12-5-9-4-8(7-17-9)2-3-11(14)15/h2-4,7H,5-6H2,1H3,(H,12,13)(H,14,15). The molecule has 92 valence electrons. The number of aliphatic carboxylic acids is 1. The van der Waals surface area contributed by atoms with Crippen molar-refractivity contribution in [1.82, 2.24) is 5.32 Å². The van der Waals surface area contributed by atoms with Crippen LogP contribution in [0.4, 0.5) is 0 Å². The zero-order chi connectivity index (χ0) is 12.7. The van der Waals surface area contributed by atoms with Gasteiger partial charge in [-0.3, -0.25) is 4.79 Å². The number of rotatable bonds is 6. The fourth-order valence-electron chi connectivity index (χ4n) is 1.11. The van der Waals surface area contributed by atoms with E-state index in [1.165, 1.54) is 24.5 Å². The third-order valence-corrected chi connectivity index (χ3v) is 2.78. The molecule has 1 heterocycles. The van der Waals surface area contributed by atoms with Crippen LogP contribution in [0.15, 0.2) is 17.5 Å². The second-order valence-corrected chi connectivity index (χ2v) is 4.22. The van der Waals surface area contributed by atoms with Crippen LogP contribution < -0.4 is 5.32 Å². The first-order valence-electron chi connectivity index (χ1n) is 4.86. The van der Waals surface area contributed by atoms with Crippen LogP contribution in [0.3, 0.4) is 0 Å². The molecule has 0 unspecified atom stereocenters. The molecule has 1 amide bonds. The average Bonchev–Trinajstić information content (AvgIpc) is 2.72. The molecule has 0 radical (unpaired) electrons. The minimum absolute atomic E-state index is 0.0388. The minimum atomic E-state index is -0.980. The maximum Gasteiger partial charge on any atom is 0.328 e. The van der Waals surface area contributed by atoms with Crippen molar-refractivity contribution in [2.75, 3.05) is 13.7 Å². The number of carbonyl (C=O) groups is 2. The summed E-state index contributed by atoms with van der Waals surface area (Å²) < 4.78 is 4.68. The van der Waals surface area contributed by atoms with Crippen molar-refractivity contribution in [2.24, 2.45) is 0 Å². The molecule has 0 saturated carbocycles. The molecule has 5 nitrogen and oxygen atoms in total. The molecular formula is C11H13NO4S. The summed E-state index contributed by atoms with van der Waals surface area (Å²) >= 11 is 1.46. The van der Waals surface area contributed by atoms with Crippen molar-refractivity contribution in [3.63, 3.8) is 0 Å². The van der Waals surface area contributed by atoms with Crippen LogP contribution in [-0.4, -0.2) is 30.7 Å². The van der Waals surface area contributed by atoms with E-state index in [-0.39, 0.29) is 12.5 Å². The van der Waals surface area contributed by atoms with Gasteiger partial charge in [-0.1, -0.05) is 0 Å². The third-order valence-electron chi connectivity index (χ3n) is 1.83. The highest BCUT2D eigenvalue weighted by Gasteiger charge is 2.02. The van der Waals surface area contributed by atoms with Gasteiger partial charge in [-0.15, -0.1) is 11.3 Å². The van der Waals surface area contributed by atoms with Crippen LogP contribution in [0.1, 0.15) is 10.4 Å². The van der Waals surface area contributed by atoms with Gasteiger partial charge in [0.15, 0.2) is 0 Å². The molecule has 0 atom stereocenters. The molecule has 0 aromatic carbocycles. The lowest BCUT2D eigenvalue weighted by Crippen LogP contribution is -2.26. The highest BCUT2D eigenvalue weighted by Crippen LogP contribution is 2.15. The number of carbonyl (C=O) groups excluding carboxylic acids is 1. The van der Waals surface area contributed by atoms with Crippen molar-refractivity contribution >= 4 is 29.3 Å². The van der Waals surface area contributed by atoms with E-state index < -0.39 is 5.97 Å². The highest BCUT2D eigenvalue weighted by molar-refractivity contribution is 7.10. The van der Waals surface area contributed by atoms with Crippen molar-refractivity contribution in [3.8, 4) is 0 Å². The number of thiophene rings is 1. The van der Waals surface area contributed by atoms with Gasteiger partial charge in [-0.25, -0.2) is 4.79 Å². The van der Waals surface area contributed by atoms with Gasteiger partial charge in [0.05, 0.1) is 6.54 Å². The molecule has 6 heteroatoms. The normalized spacial score (nSPS) is 10.6. The molecule has 0 aliphatic carbocycles. The Labute approximate surface area is 103 Å². The smallest absolute Gasteiger partial charge is 0.328 e. The first-order valence-corrected chi connectivity index (χ1v) is 5.74. The Morgan fingerprint density at radius 3 is 3.00 bits per heavy atom. The number of carboxylic acid groups (broad SMARTS) is 1. The summed E-state index contributed by atoms with van der Waals surface area (Å²) in [6.07, 6.45) is 2.59. The second kappa shape index (κ2) is 6.82. The predicted octanol–water partition coefficient (Wildman–Crippen LogP) is 1.11. The summed E-state index contributed by atoms with van der Waals surface area (Å²) in [4.78, 5) is 22.4. The van der Waals surface area contributed by atoms with E-state index in [1.54, 1.807) is 0 Å². The lowest BCUT2D eigenvalue weighted by molar-refractivity contribution is -0.131. The van der Waals surface area contributed by atoms with Crippen molar-refractivity contribution in [2.45, 2.75) is 6.54 Å². The summed E-state index contributed by atoms with van der Waals surface area (Å²) in [5.41, 5.74) is 0.813. The van der Waals surface area contributed by atoms with Crippen LogP contribution in [0.2, 0.25) is 0 Å². The zero-order valence-electron chi connectivity index (χ0n) is 9.30. The van der Waals surface area contributed by atoms with E-state index >= 15 is 0 Å². The number of hydrogen-bond acceptors (Lipinski definition) is 4. The molecule has 0 saturated heterocycles. The maximum atomic E-state index is 11.1. The average molecular weight is 255 g/mol. The van der Waals surface area contributed by atoms with Gasteiger partial charge < -0.3 is 15.2 Å². The molecule has 0 fully saturated rings. The number of nitrogens with one attached hydrogen (secondary N) is 1. The molecule has 1 aromatic heterocycles. The maximum absolute atomic E-state index is 11.1. The summed E-state index contributed by atoms with van der Waals surface area (Å²) in [5.74, 6) is -1.16. The van der Waals surface area contributed by atoms with Gasteiger partial charge in [-0.2, -0.15) is 0 Å². The van der Waals surface area contributed by atoms with Crippen LogP contribution >= 0.6 is 11.3 Å². The molecule has 2 N–H and O–H groups in total. The van der Waals surface area contributed by atoms with Gasteiger partial charge in [-0.05, 0) is 23.1 Å². The fourth-order valence-corrected chi connectivity index (χ4v) is 1.91. The lowest BCUT2D eigenvalue weighted by Gasteiger charge is -2.01. The Balaban J connectivity index is 2.46. The monoisotopic (exact) mass is 255 g/mol. The Morgan fingerprint density at radius 1 is 1.59 bits per heavy atom. The summed E-state index contributed by atoms with van der Waals surface area (Å²) in [6, 6.07) is 1.83. The number of amides is 1.